The molecule has 1 atom stereocenters. The zero-order valence-corrected chi connectivity index (χ0v) is 19.3. The number of likely N-dealkylation sites (N-methyl/N-ethyl adjacent to an activating group) is 1. The van der Waals surface area contributed by atoms with Gasteiger partial charge in [0.1, 0.15) is 0 Å². The van der Waals surface area contributed by atoms with Crippen LogP contribution < -0.4 is 10.6 Å². The third-order valence-corrected chi connectivity index (χ3v) is 4.83. The molecule has 1 saturated carbocycles. The minimum Gasteiger partial charge on any atom is -0.350 e. The number of halogens is 2. The summed E-state index contributed by atoms with van der Waals surface area (Å²) in [5.41, 5.74) is 3.22. The molecular formula is C20H33Cl2N5O. The molecule has 0 saturated heterocycles. The predicted molar refractivity (Wildman–Crippen MR) is 119 cm³/mol. The van der Waals surface area contributed by atoms with Gasteiger partial charge in [0.05, 0.1) is 22.2 Å². The Labute approximate surface area is 180 Å². The van der Waals surface area contributed by atoms with Crippen molar-refractivity contribution in [3.63, 3.8) is 0 Å². The molecule has 1 aliphatic rings. The Kier molecular flexibility index (Phi) is 8.30. The van der Waals surface area contributed by atoms with Gasteiger partial charge in [-0.05, 0) is 60.1 Å². The van der Waals surface area contributed by atoms with E-state index < -0.39 is 0 Å². The second kappa shape index (κ2) is 9.42. The van der Waals surface area contributed by atoms with Crippen molar-refractivity contribution in [3.05, 3.63) is 23.0 Å². The molecule has 0 unspecified atom stereocenters. The molecule has 2 heterocycles. The van der Waals surface area contributed by atoms with Gasteiger partial charge >= 0.3 is 0 Å². The van der Waals surface area contributed by atoms with Crippen LogP contribution in [0.4, 0.5) is 0 Å². The van der Waals surface area contributed by atoms with Crippen molar-refractivity contribution in [3.8, 4) is 0 Å². The second-order valence-electron chi connectivity index (χ2n) is 8.40. The lowest BCUT2D eigenvalue weighted by Gasteiger charge is -2.20. The number of rotatable bonds is 6. The van der Waals surface area contributed by atoms with Crippen LogP contribution in [0, 0.1) is 6.92 Å². The predicted octanol–water partition coefficient (Wildman–Crippen LogP) is 3.94. The quantitative estimate of drug-likeness (QED) is 0.728. The van der Waals surface area contributed by atoms with Crippen LogP contribution in [0.3, 0.4) is 0 Å². The molecule has 28 heavy (non-hydrogen) atoms. The van der Waals surface area contributed by atoms with E-state index in [9.17, 15) is 4.79 Å². The Morgan fingerprint density at radius 1 is 1.32 bits per heavy atom. The molecule has 2 aromatic heterocycles. The molecule has 0 aromatic carbocycles. The van der Waals surface area contributed by atoms with Crippen molar-refractivity contribution in [1.82, 2.24) is 25.4 Å². The van der Waals surface area contributed by atoms with Gasteiger partial charge in [-0.3, -0.25) is 4.79 Å². The molecule has 0 aliphatic heterocycles. The van der Waals surface area contributed by atoms with Gasteiger partial charge in [0.15, 0.2) is 5.65 Å². The average Bonchev–Trinajstić information content (AvgIpc) is 3.35. The molecular weight excluding hydrogens is 397 g/mol. The van der Waals surface area contributed by atoms with Crippen LogP contribution in [0.15, 0.2) is 6.07 Å². The molecule has 6 nitrogen and oxygen atoms in total. The van der Waals surface area contributed by atoms with Crippen molar-refractivity contribution in [2.75, 3.05) is 13.1 Å². The van der Waals surface area contributed by atoms with E-state index in [0.717, 1.165) is 41.8 Å². The number of carbonyl (C=O) groups excluding carboxylic acids is 1. The lowest BCUT2D eigenvalue weighted by atomic mass is 10.1. The highest BCUT2D eigenvalue weighted by atomic mass is 35.5. The standard InChI is InChI=1S/C20H31N5O.2ClH/c1-7-21-12(2)11-22-19(26)15-10-16(14-8-9-14)23-18-17(15)13(3)24-25(18)20(4,5)6;;/h10,12,14,21H,7-9,11H2,1-6H3,(H,22,26);2*1H/t12-;;/m1../s1. The number of pyridine rings is 1. The van der Waals surface area contributed by atoms with E-state index in [-0.39, 0.29) is 42.3 Å². The highest BCUT2D eigenvalue weighted by molar-refractivity contribution is 6.06. The van der Waals surface area contributed by atoms with Crippen LogP contribution in [0.25, 0.3) is 11.0 Å². The van der Waals surface area contributed by atoms with E-state index in [1.165, 1.54) is 0 Å². The monoisotopic (exact) mass is 429 g/mol. The van der Waals surface area contributed by atoms with Gasteiger partial charge in [-0.15, -0.1) is 24.8 Å². The lowest BCUT2D eigenvalue weighted by molar-refractivity contribution is 0.0951. The maximum absolute atomic E-state index is 13.0. The first kappa shape index (κ1) is 24.7. The number of hydrogen-bond donors (Lipinski definition) is 2. The van der Waals surface area contributed by atoms with Gasteiger partial charge in [0.2, 0.25) is 0 Å². The third-order valence-electron chi connectivity index (χ3n) is 4.83. The highest BCUT2D eigenvalue weighted by Gasteiger charge is 2.30. The topological polar surface area (TPSA) is 71.8 Å². The molecule has 1 fully saturated rings. The summed E-state index contributed by atoms with van der Waals surface area (Å²) < 4.78 is 1.96. The summed E-state index contributed by atoms with van der Waals surface area (Å²) in [5, 5.41) is 12.0. The van der Waals surface area contributed by atoms with Crippen molar-refractivity contribution in [2.45, 2.75) is 71.9 Å². The Morgan fingerprint density at radius 2 is 1.96 bits per heavy atom. The Balaban J connectivity index is 0.00000196. The maximum atomic E-state index is 13.0. The Morgan fingerprint density at radius 3 is 2.50 bits per heavy atom. The first-order chi connectivity index (χ1) is 12.2. The Hall–Kier alpha value is -1.37. The van der Waals surface area contributed by atoms with Crippen molar-refractivity contribution in [1.29, 1.82) is 0 Å². The molecule has 1 aliphatic carbocycles. The Bertz CT molecular complexity index is 824. The second-order valence-corrected chi connectivity index (χ2v) is 8.40. The van der Waals surface area contributed by atoms with E-state index in [2.05, 4.69) is 45.3 Å². The van der Waals surface area contributed by atoms with Gasteiger partial charge < -0.3 is 10.6 Å². The first-order valence-electron chi connectivity index (χ1n) is 9.64. The number of amides is 1. The summed E-state index contributed by atoms with van der Waals surface area (Å²) in [6, 6.07) is 2.22. The smallest absolute Gasteiger partial charge is 0.252 e. The fourth-order valence-corrected chi connectivity index (χ4v) is 3.30. The molecule has 1 amide bonds. The van der Waals surface area contributed by atoms with Crippen LogP contribution in [-0.2, 0) is 5.54 Å². The molecule has 158 valence electrons. The molecule has 0 spiro atoms. The SMILES string of the molecule is CCN[C@H](C)CNC(=O)c1cc(C2CC2)nc2c1c(C)nn2C(C)(C)C.Cl.Cl. The minimum absolute atomic E-state index is 0. The normalized spacial score (nSPS) is 14.9. The summed E-state index contributed by atoms with van der Waals surface area (Å²) >= 11 is 0. The number of fused-ring (bicyclic) bond motifs is 1. The van der Waals surface area contributed by atoms with Gasteiger partial charge in [-0.2, -0.15) is 5.10 Å². The van der Waals surface area contributed by atoms with Gasteiger partial charge in [-0.25, -0.2) is 9.67 Å². The number of aryl methyl sites for hydroxylation is 1. The molecule has 3 rings (SSSR count). The zero-order chi connectivity index (χ0) is 19.1. The largest absolute Gasteiger partial charge is 0.350 e. The van der Waals surface area contributed by atoms with E-state index >= 15 is 0 Å². The van der Waals surface area contributed by atoms with Crippen LogP contribution >= 0.6 is 24.8 Å². The summed E-state index contributed by atoms with van der Waals surface area (Å²) in [6.07, 6.45) is 2.30. The van der Waals surface area contributed by atoms with E-state index in [1.807, 2.05) is 17.7 Å². The van der Waals surface area contributed by atoms with Crippen molar-refractivity contribution in [2.24, 2.45) is 0 Å². The average molecular weight is 430 g/mol. The van der Waals surface area contributed by atoms with Crippen LogP contribution in [0.2, 0.25) is 0 Å². The van der Waals surface area contributed by atoms with E-state index in [1.54, 1.807) is 0 Å². The molecule has 8 heteroatoms. The van der Waals surface area contributed by atoms with Gasteiger partial charge in [-0.1, -0.05) is 6.92 Å². The summed E-state index contributed by atoms with van der Waals surface area (Å²) in [5.74, 6) is 0.441. The highest BCUT2D eigenvalue weighted by Crippen LogP contribution is 2.40. The lowest BCUT2D eigenvalue weighted by Crippen LogP contribution is -2.38. The number of nitrogens with zero attached hydrogens (tertiary/aromatic N) is 3. The summed E-state index contributed by atoms with van der Waals surface area (Å²) in [7, 11) is 0. The first-order valence-corrected chi connectivity index (χ1v) is 9.64. The number of nitrogens with one attached hydrogen (secondary N) is 2. The van der Waals surface area contributed by atoms with Crippen molar-refractivity contribution < 1.29 is 4.79 Å². The number of aromatic nitrogens is 3. The molecule has 0 bridgehead atoms. The minimum atomic E-state index is -0.186. The third kappa shape index (κ3) is 5.16. The molecule has 2 N–H and O–H groups in total. The number of hydrogen-bond acceptors (Lipinski definition) is 4. The van der Waals surface area contributed by atoms with Crippen LogP contribution in [0.1, 0.15) is 75.1 Å². The summed E-state index contributed by atoms with van der Waals surface area (Å²) in [6.45, 7) is 13.9. The van der Waals surface area contributed by atoms with E-state index in [0.29, 0.717) is 18.0 Å². The van der Waals surface area contributed by atoms with Crippen LogP contribution in [-0.4, -0.2) is 39.8 Å². The van der Waals surface area contributed by atoms with Gasteiger partial charge in [0, 0.05) is 24.2 Å². The van der Waals surface area contributed by atoms with Gasteiger partial charge in [0.25, 0.3) is 5.91 Å². The van der Waals surface area contributed by atoms with Crippen LogP contribution in [0.5, 0.6) is 0 Å². The maximum Gasteiger partial charge on any atom is 0.252 e. The van der Waals surface area contributed by atoms with Crippen molar-refractivity contribution >= 4 is 41.8 Å². The molecule has 0 radical (unpaired) electrons. The molecule has 2 aromatic rings. The fraction of sp³-hybridized carbons (Fsp3) is 0.650. The summed E-state index contributed by atoms with van der Waals surface area (Å²) in [4.78, 5) is 17.9. The fourth-order valence-electron chi connectivity index (χ4n) is 3.30. The van der Waals surface area contributed by atoms with E-state index in [4.69, 9.17) is 10.1 Å². The number of carbonyl (C=O) groups is 1. The zero-order valence-electron chi connectivity index (χ0n) is 17.6.